The molecule has 0 aromatic heterocycles. The van der Waals surface area contributed by atoms with Gasteiger partial charge in [-0.25, -0.2) is 4.39 Å². The monoisotopic (exact) mass is 200 g/mol. The zero-order valence-corrected chi connectivity index (χ0v) is 8.07. The highest BCUT2D eigenvalue weighted by molar-refractivity contribution is 6.27. The van der Waals surface area contributed by atoms with E-state index in [1.54, 1.807) is 19.1 Å². The topological polar surface area (TPSA) is 17.1 Å². The molecule has 0 aliphatic heterocycles. The molecule has 0 unspecified atom stereocenters. The number of rotatable bonds is 3. The van der Waals surface area contributed by atoms with E-state index in [0.717, 1.165) is 5.56 Å². The number of carbonyl (C=O) groups is 1. The van der Waals surface area contributed by atoms with Crippen molar-refractivity contribution in [1.82, 2.24) is 0 Å². The first-order valence-corrected chi connectivity index (χ1v) is 4.50. The minimum absolute atomic E-state index is 0.0617. The van der Waals surface area contributed by atoms with Gasteiger partial charge in [0.1, 0.15) is 5.82 Å². The third-order valence-electron chi connectivity index (χ3n) is 1.88. The average molecular weight is 201 g/mol. The zero-order chi connectivity index (χ0) is 9.84. The molecule has 1 aromatic carbocycles. The van der Waals surface area contributed by atoms with Gasteiger partial charge >= 0.3 is 0 Å². The van der Waals surface area contributed by atoms with Crippen molar-refractivity contribution in [3.8, 4) is 0 Å². The largest absolute Gasteiger partial charge is 0.298 e. The summed E-state index contributed by atoms with van der Waals surface area (Å²) < 4.78 is 13.2. The van der Waals surface area contributed by atoms with Gasteiger partial charge in [-0.15, -0.1) is 11.6 Å². The lowest BCUT2D eigenvalue weighted by molar-refractivity contribution is -0.116. The number of Topliss-reactive ketones (excluding diaryl/α,β-unsaturated/α-hetero) is 1. The highest BCUT2D eigenvalue weighted by atomic mass is 35.5. The molecule has 0 N–H and O–H groups in total. The van der Waals surface area contributed by atoms with Gasteiger partial charge in [0.15, 0.2) is 5.78 Å². The Morgan fingerprint density at radius 1 is 1.54 bits per heavy atom. The normalized spacial score (nSPS) is 10.1. The molecule has 0 spiro atoms. The lowest BCUT2D eigenvalue weighted by Gasteiger charge is -2.04. The van der Waals surface area contributed by atoms with E-state index in [0.29, 0.717) is 5.56 Å². The Kier molecular flexibility index (Phi) is 3.43. The van der Waals surface area contributed by atoms with Crippen LogP contribution in [-0.4, -0.2) is 11.7 Å². The third kappa shape index (κ3) is 2.52. The molecule has 13 heavy (non-hydrogen) atoms. The summed E-state index contributed by atoms with van der Waals surface area (Å²) in [6.45, 7) is 1.78. The van der Waals surface area contributed by atoms with Gasteiger partial charge in [0.25, 0.3) is 0 Å². The molecule has 1 aromatic rings. The number of hydrogen-bond acceptors (Lipinski definition) is 1. The van der Waals surface area contributed by atoms with Crippen molar-refractivity contribution in [2.45, 2.75) is 13.3 Å². The summed E-state index contributed by atoms with van der Waals surface area (Å²) in [6.07, 6.45) is 0.0853. The van der Waals surface area contributed by atoms with Crippen molar-refractivity contribution < 1.29 is 9.18 Å². The van der Waals surface area contributed by atoms with Crippen molar-refractivity contribution in [2.75, 3.05) is 5.88 Å². The standard InChI is InChI=1S/C10H10ClFO/c1-7-3-2-4-10(12)9(7)5-8(13)6-11/h2-4H,5-6H2,1H3. The molecule has 0 fully saturated rings. The maximum atomic E-state index is 13.2. The van der Waals surface area contributed by atoms with Gasteiger partial charge in [-0.05, 0) is 24.1 Å². The van der Waals surface area contributed by atoms with E-state index >= 15 is 0 Å². The van der Waals surface area contributed by atoms with Gasteiger partial charge in [0.2, 0.25) is 0 Å². The van der Waals surface area contributed by atoms with Gasteiger partial charge in [0, 0.05) is 6.42 Å². The summed E-state index contributed by atoms with van der Waals surface area (Å²) in [5.41, 5.74) is 1.24. The maximum absolute atomic E-state index is 13.2. The Hall–Kier alpha value is -0.890. The molecule has 70 valence electrons. The summed E-state index contributed by atoms with van der Waals surface area (Å²) in [7, 11) is 0. The second kappa shape index (κ2) is 4.38. The van der Waals surface area contributed by atoms with Crippen molar-refractivity contribution in [2.24, 2.45) is 0 Å². The summed E-state index contributed by atoms with van der Waals surface area (Å²) >= 11 is 5.33. The Morgan fingerprint density at radius 3 is 2.77 bits per heavy atom. The first kappa shape index (κ1) is 10.2. The minimum Gasteiger partial charge on any atom is -0.298 e. The van der Waals surface area contributed by atoms with Crippen LogP contribution >= 0.6 is 11.6 Å². The Balaban J connectivity index is 2.93. The number of hydrogen-bond donors (Lipinski definition) is 0. The molecule has 0 aliphatic rings. The summed E-state index contributed by atoms with van der Waals surface area (Å²) in [4.78, 5) is 11.0. The molecule has 1 rings (SSSR count). The Labute approximate surface area is 81.5 Å². The predicted octanol–water partition coefficient (Wildman–Crippen LogP) is 2.48. The van der Waals surface area contributed by atoms with Crippen molar-refractivity contribution in [3.63, 3.8) is 0 Å². The molecule has 0 heterocycles. The Morgan fingerprint density at radius 2 is 2.23 bits per heavy atom. The van der Waals surface area contributed by atoms with Crippen LogP contribution in [0.4, 0.5) is 4.39 Å². The van der Waals surface area contributed by atoms with E-state index < -0.39 is 0 Å². The van der Waals surface area contributed by atoms with Crippen LogP contribution in [-0.2, 0) is 11.2 Å². The summed E-state index contributed by atoms with van der Waals surface area (Å²) in [5, 5.41) is 0. The van der Waals surface area contributed by atoms with E-state index in [1.807, 2.05) is 0 Å². The zero-order valence-electron chi connectivity index (χ0n) is 7.31. The van der Waals surface area contributed by atoms with Crippen molar-refractivity contribution >= 4 is 17.4 Å². The number of aryl methyl sites for hydroxylation is 1. The highest BCUT2D eigenvalue weighted by Crippen LogP contribution is 2.13. The fourth-order valence-electron chi connectivity index (χ4n) is 1.13. The smallest absolute Gasteiger partial charge is 0.152 e. The molecule has 0 bridgehead atoms. The number of halogens is 2. The van der Waals surface area contributed by atoms with Crippen LogP contribution in [0.25, 0.3) is 0 Å². The molecular weight excluding hydrogens is 191 g/mol. The van der Waals surface area contributed by atoms with E-state index in [4.69, 9.17) is 11.6 Å². The first-order chi connectivity index (χ1) is 6.15. The maximum Gasteiger partial charge on any atom is 0.152 e. The molecule has 0 atom stereocenters. The lowest BCUT2D eigenvalue weighted by atomic mass is 10.0. The molecule has 0 aliphatic carbocycles. The van der Waals surface area contributed by atoms with Gasteiger partial charge < -0.3 is 0 Å². The van der Waals surface area contributed by atoms with Gasteiger partial charge in [-0.2, -0.15) is 0 Å². The second-order valence-corrected chi connectivity index (χ2v) is 3.15. The van der Waals surface area contributed by atoms with Crippen LogP contribution in [0.2, 0.25) is 0 Å². The highest BCUT2D eigenvalue weighted by Gasteiger charge is 2.09. The molecular formula is C10H10ClFO. The fraction of sp³-hybridized carbons (Fsp3) is 0.300. The van der Waals surface area contributed by atoms with Crippen molar-refractivity contribution in [1.29, 1.82) is 0 Å². The molecule has 1 nitrogen and oxygen atoms in total. The van der Waals surface area contributed by atoms with Crippen LogP contribution in [0.1, 0.15) is 11.1 Å². The van der Waals surface area contributed by atoms with Crippen LogP contribution < -0.4 is 0 Å². The number of carbonyl (C=O) groups excluding carboxylic acids is 1. The van der Waals surface area contributed by atoms with Crippen LogP contribution in [0.3, 0.4) is 0 Å². The number of benzene rings is 1. The second-order valence-electron chi connectivity index (χ2n) is 2.88. The molecule has 0 saturated carbocycles. The van der Waals surface area contributed by atoms with Gasteiger partial charge in [0.05, 0.1) is 5.88 Å². The first-order valence-electron chi connectivity index (χ1n) is 3.97. The minimum atomic E-state index is -0.335. The van der Waals surface area contributed by atoms with Gasteiger partial charge in [-0.3, -0.25) is 4.79 Å². The molecule has 3 heteroatoms. The number of ketones is 1. The predicted molar refractivity (Wildman–Crippen MR) is 50.6 cm³/mol. The lowest BCUT2D eigenvalue weighted by Crippen LogP contribution is -2.07. The van der Waals surface area contributed by atoms with Crippen LogP contribution in [0, 0.1) is 12.7 Å². The van der Waals surface area contributed by atoms with Crippen LogP contribution in [0.5, 0.6) is 0 Å². The Bertz CT molecular complexity index is 302. The third-order valence-corrected chi connectivity index (χ3v) is 2.17. The molecule has 0 amide bonds. The molecule has 0 saturated heterocycles. The van der Waals surface area contributed by atoms with E-state index in [2.05, 4.69) is 0 Å². The van der Waals surface area contributed by atoms with Crippen LogP contribution in [0.15, 0.2) is 18.2 Å². The quantitative estimate of drug-likeness (QED) is 0.686. The summed E-state index contributed by atoms with van der Waals surface area (Å²) in [6, 6.07) is 4.75. The average Bonchev–Trinajstić information content (AvgIpc) is 2.11. The van der Waals surface area contributed by atoms with Crippen molar-refractivity contribution in [3.05, 3.63) is 35.1 Å². The van der Waals surface area contributed by atoms with Gasteiger partial charge in [-0.1, -0.05) is 12.1 Å². The van der Waals surface area contributed by atoms with E-state index in [9.17, 15) is 9.18 Å². The van der Waals surface area contributed by atoms with E-state index in [1.165, 1.54) is 6.07 Å². The summed E-state index contributed by atoms with van der Waals surface area (Å²) in [5.74, 6) is -0.554. The molecule has 0 radical (unpaired) electrons. The number of alkyl halides is 1. The fourth-order valence-corrected chi connectivity index (χ4v) is 1.23. The van der Waals surface area contributed by atoms with E-state index in [-0.39, 0.29) is 23.9 Å². The SMILES string of the molecule is Cc1cccc(F)c1CC(=O)CCl.